The van der Waals surface area contributed by atoms with Crippen LogP contribution in [0.1, 0.15) is 43.1 Å². The Morgan fingerprint density at radius 1 is 1.50 bits per heavy atom. The maximum atomic E-state index is 4.25. The van der Waals surface area contributed by atoms with Crippen LogP contribution >= 0.6 is 12.6 Å². The number of rotatable bonds is 2. The minimum atomic E-state index is 0.715. The van der Waals surface area contributed by atoms with E-state index in [1.165, 1.54) is 31.4 Å². The highest BCUT2D eigenvalue weighted by Crippen LogP contribution is 2.32. The molecule has 0 aliphatic heterocycles. The molecule has 0 radical (unpaired) electrons. The van der Waals surface area contributed by atoms with Gasteiger partial charge in [0.15, 0.2) is 0 Å². The summed E-state index contributed by atoms with van der Waals surface area (Å²) in [5.41, 5.74) is 1.32. The van der Waals surface area contributed by atoms with Crippen molar-refractivity contribution in [1.29, 1.82) is 0 Å². The summed E-state index contributed by atoms with van der Waals surface area (Å²) in [6.07, 6.45) is 7.38. The van der Waals surface area contributed by atoms with Crippen molar-refractivity contribution in [2.24, 2.45) is 0 Å². The van der Waals surface area contributed by atoms with Crippen molar-refractivity contribution in [1.82, 2.24) is 9.97 Å². The molecule has 0 amide bonds. The average Bonchev–Trinajstić information content (AvgIpc) is 2.75. The maximum Gasteiger partial charge on any atom is 0.115 e. The Morgan fingerprint density at radius 3 is 2.83 bits per heavy atom. The van der Waals surface area contributed by atoms with Gasteiger partial charge in [-0.3, -0.25) is 0 Å². The summed E-state index contributed by atoms with van der Waals surface area (Å²) in [4.78, 5) is 7.56. The third-order valence-electron chi connectivity index (χ3n) is 2.59. The molecule has 0 unspecified atom stereocenters. The summed E-state index contributed by atoms with van der Waals surface area (Å²) in [7, 11) is 0. The van der Waals surface area contributed by atoms with E-state index in [1.54, 1.807) is 0 Å². The molecule has 2 rings (SSSR count). The average molecular weight is 182 g/mol. The van der Waals surface area contributed by atoms with Crippen molar-refractivity contribution in [3.63, 3.8) is 0 Å². The molecule has 66 valence electrons. The predicted octanol–water partition coefficient (Wildman–Crippen LogP) is 2.50. The number of hydrogen-bond acceptors (Lipinski definition) is 2. The monoisotopic (exact) mass is 182 g/mol. The molecule has 12 heavy (non-hydrogen) atoms. The SMILES string of the molecule is SCc1ncc(C2CCCC2)[nH]1. The molecular weight excluding hydrogens is 168 g/mol. The lowest BCUT2D eigenvalue weighted by molar-refractivity contribution is 0.701. The van der Waals surface area contributed by atoms with Gasteiger partial charge in [0.05, 0.1) is 0 Å². The quantitative estimate of drug-likeness (QED) is 0.676. The molecule has 1 aliphatic carbocycles. The molecule has 1 aromatic rings. The summed E-state index contributed by atoms with van der Waals surface area (Å²) < 4.78 is 0. The number of H-pyrrole nitrogens is 1. The fourth-order valence-corrected chi connectivity index (χ4v) is 2.06. The van der Waals surface area contributed by atoms with Crippen LogP contribution in [0, 0.1) is 0 Å². The second-order valence-corrected chi connectivity index (χ2v) is 3.74. The van der Waals surface area contributed by atoms with Crippen LogP contribution in [-0.4, -0.2) is 9.97 Å². The molecule has 3 heteroatoms. The van der Waals surface area contributed by atoms with Gasteiger partial charge in [0.2, 0.25) is 0 Å². The smallest absolute Gasteiger partial charge is 0.115 e. The third kappa shape index (κ3) is 1.51. The van der Waals surface area contributed by atoms with E-state index < -0.39 is 0 Å². The van der Waals surface area contributed by atoms with E-state index in [2.05, 4.69) is 22.6 Å². The lowest BCUT2D eigenvalue weighted by atomic mass is 10.1. The first-order valence-corrected chi connectivity index (χ1v) is 5.18. The number of hydrogen-bond donors (Lipinski definition) is 2. The van der Waals surface area contributed by atoms with Crippen molar-refractivity contribution in [3.05, 3.63) is 17.7 Å². The zero-order valence-electron chi connectivity index (χ0n) is 7.08. The predicted molar refractivity (Wildman–Crippen MR) is 52.5 cm³/mol. The molecule has 0 aromatic carbocycles. The van der Waals surface area contributed by atoms with Crippen LogP contribution < -0.4 is 0 Å². The van der Waals surface area contributed by atoms with Gasteiger partial charge in [0.25, 0.3) is 0 Å². The van der Waals surface area contributed by atoms with E-state index in [1.807, 2.05) is 6.20 Å². The van der Waals surface area contributed by atoms with Crippen LogP contribution in [0.2, 0.25) is 0 Å². The summed E-state index contributed by atoms with van der Waals surface area (Å²) in [6.45, 7) is 0. The molecule has 1 heterocycles. The van der Waals surface area contributed by atoms with E-state index >= 15 is 0 Å². The van der Waals surface area contributed by atoms with Crippen LogP contribution in [0.5, 0.6) is 0 Å². The lowest BCUT2D eigenvalue weighted by Gasteiger charge is -2.03. The Balaban J connectivity index is 2.11. The summed E-state index contributed by atoms with van der Waals surface area (Å²) in [6, 6.07) is 0. The Labute approximate surface area is 78.2 Å². The van der Waals surface area contributed by atoms with E-state index in [4.69, 9.17) is 0 Å². The first-order chi connectivity index (χ1) is 5.90. The maximum absolute atomic E-state index is 4.25. The Bertz CT molecular complexity index is 251. The molecule has 0 bridgehead atoms. The van der Waals surface area contributed by atoms with Crippen molar-refractivity contribution >= 4 is 12.6 Å². The summed E-state index contributed by atoms with van der Waals surface area (Å²) in [5, 5.41) is 0. The van der Waals surface area contributed by atoms with Gasteiger partial charge in [-0.15, -0.1) is 0 Å². The number of thiol groups is 1. The van der Waals surface area contributed by atoms with E-state index in [0.717, 1.165) is 11.7 Å². The van der Waals surface area contributed by atoms with E-state index in [-0.39, 0.29) is 0 Å². The first-order valence-electron chi connectivity index (χ1n) is 4.55. The molecule has 1 N–H and O–H groups in total. The molecule has 1 aromatic heterocycles. The van der Waals surface area contributed by atoms with Gasteiger partial charge in [-0.2, -0.15) is 12.6 Å². The minimum Gasteiger partial charge on any atom is -0.345 e. The van der Waals surface area contributed by atoms with Gasteiger partial charge < -0.3 is 4.98 Å². The number of nitrogens with one attached hydrogen (secondary N) is 1. The molecule has 0 atom stereocenters. The van der Waals surface area contributed by atoms with Crippen LogP contribution in [0.4, 0.5) is 0 Å². The molecule has 0 saturated heterocycles. The number of imidazole rings is 1. The Kier molecular flexibility index (Phi) is 2.40. The van der Waals surface area contributed by atoms with E-state index in [9.17, 15) is 0 Å². The molecule has 1 fully saturated rings. The molecule has 0 spiro atoms. The van der Waals surface area contributed by atoms with Crippen molar-refractivity contribution < 1.29 is 0 Å². The molecule has 2 nitrogen and oxygen atoms in total. The third-order valence-corrected chi connectivity index (χ3v) is 2.89. The van der Waals surface area contributed by atoms with Gasteiger partial charge in [-0.1, -0.05) is 12.8 Å². The van der Waals surface area contributed by atoms with Crippen molar-refractivity contribution in [3.8, 4) is 0 Å². The van der Waals surface area contributed by atoms with Crippen molar-refractivity contribution in [2.75, 3.05) is 0 Å². The van der Waals surface area contributed by atoms with Crippen LogP contribution in [0.15, 0.2) is 6.20 Å². The van der Waals surface area contributed by atoms with Gasteiger partial charge in [0.1, 0.15) is 5.82 Å². The fourth-order valence-electron chi connectivity index (χ4n) is 1.90. The van der Waals surface area contributed by atoms with Gasteiger partial charge >= 0.3 is 0 Å². The minimum absolute atomic E-state index is 0.715. The van der Waals surface area contributed by atoms with Gasteiger partial charge in [-0.05, 0) is 12.8 Å². The van der Waals surface area contributed by atoms with Crippen molar-refractivity contribution in [2.45, 2.75) is 37.4 Å². The number of aromatic amines is 1. The fraction of sp³-hybridized carbons (Fsp3) is 0.667. The van der Waals surface area contributed by atoms with Crippen LogP contribution in [0.3, 0.4) is 0 Å². The number of nitrogens with zero attached hydrogens (tertiary/aromatic N) is 1. The molecule has 1 saturated carbocycles. The second-order valence-electron chi connectivity index (χ2n) is 3.42. The molecule has 1 aliphatic rings. The normalized spacial score (nSPS) is 18.8. The highest BCUT2D eigenvalue weighted by molar-refractivity contribution is 7.79. The Hall–Kier alpha value is -0.440. The summed E-state index contributed by atoms with van der Waals surface area (Å²) >= 11 is 4.17. The van der Waals surface area contributed by atoms with Crippen LogP contribution in [-0.2, 0) is 5.75 Å². The highest BCUT2D eigenvalue weighted by Gasteiger charge is 2.18. The standard InChI is InChI=1S/C9H14N2S/c12-6-9-10-5-8(11-9)7-3-1-2-4-7/h5,7,12H,1-4,6H2,(H,10,11). The zero-order valence-corrected chi connectivity index (χ0v) is 7.98. The topological polar surface area (TPSA) is 28.7 Å². The molecular formula is C9H14N2S. The summed E-state index contributed by atoms with van der Waals surface area (Å²) in [5.74, 6) is 2.46. The second kappa shape index (κ2) is 3.52. The highest BCUT2D eigenvalue weighted by atomic mass is 32.1. The zero-order chi connectivity index (χ0) is 8.39. The van der Waals surface area contributed by atoms with Gasteiger partial charge in [-0.25, -0.2) is 4.98 Å². The van der Waals surface area contributed by atoms with Gasteiger partial charge in [0, 0.05) is 23.6 Å². The lowest BCUT2D eigenvalue weighted by Crippen LogP contribution is -1.92. The van der Waals surface area contributed by atoms with Crippen LogP contribution in [0.25, 0.3) is 0 Å². The number of aromatic nitrogens is 2. The first kappa shape index (κ1) is 8.17. The Morgan fingerprint density at radius 2 is 2.25 bits per heavy atom. The largest absolute Gasteiger partial charge is 0.345 e. The van der Waals surface area contributed by atoms with E-state index in [0.29, 0.717) is 5.75 Å².